The molecule has 196 valence electrons. The first kappa shape index (κ1) is 28.0. The Bertz CT molecular complexity index is 1320. The number of amides is 2. The number of hydrogen-bond donors (Lipinski definition) is 1. The maximum absolute atomic E-state index is 13.8. The number of likely N-dealkylation sites (N-methyl/N-ethyl adjacent to an activating group) is 1. The van der Waals surface area contributed by atoms with Gasteiger partial charge in [-0.25, -0.2) is 8.42 Å². The molecule has 0 aliphatic heterocycles. The van der Waals surface area contributed by atoms with Gasteiger partial charge in [-0.2, -0.15) is 0 Å². The summed E-state index contributed by atoms with van der Waals surface area (Å²) in [6.07, 6.45) is 0.337. The summed E-state index contributed by atoms with van der Waals surface area (Å²) in [5.74, 6) is -0.440. The van der Waals surface area contributed by atoms with Crippen molar-refractivity contribution in [3.8, 4) is 5.75 Å². The molecule has 3 rings (SSSR count). The summed E-state index contributed by atoms with van der Waals surface area (Å²) in [7, 11) is -1.16. The van der Waals surface area contributed by atoms with E-state index in [1.807, 2.05) is 0 Å². The van der Waals surface area contributed by atoms with E-state index in [1.54, 1.807) is 73.7 Å². The summed E-state index contributed by atoms with van der Waals surface area (Å²) >= 11 is 6.02. The number of ether oxygens (including phenoxy) is 1. The Morgan fingerprint density at radius 1 is 1.00 bits per heavy atom. The predicted molar refractivity (Wildman–Crippen MR) is 144 cm³/mol. The van der Waals surface area contributed by atoms with Gasteiger partial charge in [-0.1, -0.05) is 54.9 Å². The highest BCUT2D eigenvalue weighted by molar-refractivity contribution is 7.92. The number of halogens is 1. The number of rotatable bonds is 11. The summed E-state index contributed by atoms with van der Waals surface area (Å²) in [6.45, 7) is 1.37. The lowest BCUT2D eigenvalue weighted by molar-refractivity contribution is -0.140. The third-order valence-corrected chi connectivity index (χ3v) is 7.89. The van der Waals surface area contributed by atoms with Crippen LogP contribution in [0.4, 0.5) is 5.69 Å². The monoisotopic (exact) mass is 543 g/mol. The third kappa shape index (κ3) is 6.81. The van der Waals surface area contributed by atoms with E-state index in [0.717, 1.165) is 9.87 Å². The van der Waals surface area contributed by atoms with E-state index >= 15 is 0 Å². The fraction of sp³-hybridized carbons (Fsp3) is 0.259. The second kappa shape index (κ2) is 12.6. The second-order valence-corrected chi connectivity index (χ2v) is 10.5. The largest absolute Gasteiger partial charge is 0.497 e. The van der Waals surface area contributed by atoms with Crippen LogP contribution in [0.3, 0.4) is 0 Å². The molecule has 1 N–H and O–H groups in total. The van der Waals surface area contributed by atoms with Crippen LogP contribution in [0.1, 0.15) is 18.9 Å². The van der Waals surface area contributed by atoms with E-state index in [0.29, 0.717) is 17.2 Å². The molecule has 37 heavy (non-hydrogen) atoms. The average Bonchev–Trinajstić information content (AvgIpc) is 2.92. The van der Waals surface area contributed by atoms with E-state index in [1.165, 1.54) is 31.2 Å². The summed E-state index contributed by atoms with van der Waals surface area (Å²) in [6, 6.07) is 20.5. The summed E-state index contributed by atoms with van der Waals surface area (Å²) in [4.78, 5) is 28.0. The standard InChI is InChI=1S/C27H30ClN3O5S/c1-4-25(27(33)29-2)30(18-20-13-15-21(28)16-14-20)26(32)19-31(22-9-8-10-23(17-22)36-3)37(34,35)24-11-6-5-7-12-24/h5-17,25H,4,18-19H2,1-3H3,(H,29,33)/t25-/m1/s1. The number of hydrogen-bond acceptors (Lipinski definition) is 5. The molecule has 0 aliphatic rings. The van der Waals surface area contributed by atoms with Crippen LogP contribution in [0, 0.1) is 0 Å². The molecule has 0 radical (unpaired) electrons. The molecule has 2 amide bonds. The van der Waals surface area contributed by atoms with Gasteiger partial charge < -0.3 is 15.0 Å². The molecular weight excluding hydrogens is 514 g/mol. The molecular formula is C27H30ClN3O5S. The first-order valence-corrected chi connectivity index (χ1v) is 13.5. The van der Waals surface area contributed by atoms with E-state index in [-0.39, 0.29) is 23.0 Å². The number of nitrogens with one attached hydrogen (secondary N) is 1. The fourth-order valence-corrected chi connectivity index (χ4v) is 5.44. The van der Waals surface area contributed by atoms with Crippen molar-refractivity contribution in [2.24, 2.45) is 0 Å². The number of nitrogens with zero attached hydrogens (tertiary/aromatic N) is 2. The summed E-state index contributed by atoms with van der Waals surface area (Å²) in [5, 5.41) is 3.14. The molecule has 0 heterocycles. The first-order chi connectivity index (χ1) is 17.7. The minimum atomic E-state index is -4.13. The number of carbonyl (C=O) groups is 2. The lowest BCUT2D eigenvalue weighted by atomic mass is 10.1. The lowest BCUT2D eigenvalue weighted by Gasteiger charge is -2.33. The van der Waals surface area contributed by atoms with Gasteiger partial charge >= 0.3 is 0 Å². The van der Waals surface area contributed by atoms with Gasteiger partial charge in [0, 0.05) is 24.7 Å². The molecule has 0 fully saturated rings. The van der Waals surface area contributed by atoms with Crippen molar-refractivity contribution < 1.29 is 22.7 Å². The Hall–Kier alpha value is -3.56. The van der Waals surface area contributed by atoms with Gasteiger partial charge in [0.15, 0.2) is 0 Å². The third-order valence-electron chi connectivity index (χ3n) is 5.85. The summed E-state index contributed by atoms with van der Waals surface area (Å²) < 4.78 is 33.8. The Morgan fingerprint density at radius 3 is 2.27 bits per heavy atom. The van der Waals surface area contributed by atoms with Crippen LogP contribution in [-0.2, 0) is 26.2 Å². The van der Waals surface area contributed by atoms with Crippen LogP contribution in [-0.4, -0.2) is 51.9 Å². The molecule has 0 spiro atoms. The van der Waals surface area contributed by atoms with Crippen molar-refractivity contribution in [3.63, 3.8) is 0 Å². The number of methoxy groups -OCH3 is 1. The topological polar surface area (TPSA) is 96.0 Å². The Labute approximate surface area is 222 Å². The molecule has 0 unspecified atom stereocenters. The quantitative estimate of drug-likeness (QED) is 0.393. The van der Waals surface area contributed by atoms with Gasteiger partial charge in [0.25, 0.3) is 10.0 Å². The number of benzene rings is 3. The van der Waals surface area contributed by atoms with Crippen molar-refractivity contribution in [1.82, 2.24) is 10.2 Å². The van der Waals surface area contributed by atoms with Crippen molar-refractivity contribution in [2.75, 3.05) is 25.0 Å². The lowest BCUT2D eigenvalue weighted by Crippen LogP contribution is -2.51. The van der Waals surface area contributed by atoms with Crippen molar-refractivity contribution in [1.29, 1.82) is 0 Å². The molecule has 1 atom stereocenters. The highest BCUT2D eigenvalue weighted by atomic mass is 35.5. The van der Waals surface area contributed by atoms with Gasteiger partial charge in [0.1, 0.15) is 18.3 Å². The van der Waals surface area contributed by atoms with E-state index < -0.39 is 28.5 Å². The molecule has 3 aromatic carbocycles. The SMILES string of the molecule is CC[C@H](C(=O)NC)N(Cc1ccc(Cl)cc1)C(=O)CN(c1cccc(OC)c1)S(=O)(=O)c1ccccc1. The van der Waals surface area contributed by atoms with Gasteiger partial charge in [-0.15, -0.1) is 0 Å². The summed E-state index contributed by atoms with van der Waals surface area (Å²) in [5.41, 5.74) is 1.01. The zero-order valence-corrected chi connectivity index (χ0v) is 22.5. The number of carbonyl (C=O) groups excluding carboxylic acids is 2. The van der Waals surface area contributed by atoms with Gasteiger partial charge in [-0.3, -0.25) is 13.9 Å². The molecule has 0 saturated carbocycles. The van der Waals surface area contributed by atoms with Crippen LogP contribution >= 0.6 is 11.6 Å². The zero-order valence-electron chi connectivity index (χ0n) is 20.9. The van der Waals surface area contributed by atoms with Gasteiger partial charge in [0.05, 0.1) is 17.7 Å². The fourth-order valence-electron chi connectivity index (χ4n) is 3.89. The first-order valence-electron chi connectivity index (χ1n) is 11.7. The molecule has 10 heteroatoms. The van der Waals surface area contributed by atoms with Crippen molar-refractivity contribution >= 4 is 39.1 Å². The van der Waals surface area contributed by atoms with Gasteiger partial charge in [-0.05, 0) is 48.4 Å². The highest BCUT2D eigenvalue weighted by Gasteiger charge is 2.33. The van der Waals surface area contributed by atoms with Crippen molar-refractivity contribution in [3.05, 3.63) is 89.4 Å². The Kier molecular flexibility index (Phi) is 9.54. The normalized spacial score (nSPS) is 11.9. The molecule has 0 aliphatic carbocycles. The van der Waals surface area contributed by atoms with Crippen LogP contribution in [0.5, 0.6) is 5.75 Å². The van der Waals surface area contributed by atoms with Crippen LogP contribution in [0.2, 0.25) is 5.02 Å². The van der Waals surface area contributed by atoms with Crippen LogP contribution in [0.25, 0.3) is 0 Å². The number of sulfonamides is 1. The molecule has 0 aromatic heterocycles. The van der Waals surface area contributed by atoms with E-state index in [9.17, 15) is 18.0 Å². The van der Waals surface area contributed by atoms with Gasteiger partial charge in [0.2, 0.25) is 11.8 Å². The maximum atomic E-state index is 13.8. The minimum absolute atomic E-state index is 0.0354. The van der Waals surface area contributed by atoms with Crippen LogP contribution < -0.4 is 14.4 Å². The maximum Gasteiger partial charge on any atom is 0.264 e. The highest BCUT2D eigenvalue weighted by Crippen LogP contribution is 2.27. The average molecular weight is 544 g/mol. The Balaban J connectivity index is 2.06. The minimum Gasteiger partial charge on any atom is -0.497 e. The van der Waals surface area contributed by atoms with E-state index in [4.69, 9.17) is 16.3 Å². The predicted octanol–water partition coefficient (Wildman–Crippen LogP) is 4.10. The molecule has 0 saturated heterocycles. The number of anilines is 1. The molecule has 0 bridgehead atoms. The van der Waals surface area contributed by atoms with Crippen LogP contribution in [0.15, 0.2) is 83.8 Å². The smallest absolute Gasteiger partial charge is 0.264 e. The van der Waals surface area contributed by atoms with Crippen molar-refractivity contribution in [2.45, 2.75) is 30.8 Å². The molecule has 8 nitrogen and oxygen atoms in total. The Morgan fingerprint density at radius 2 is 1.68 bits per heavy atom. The van der Waals surface area contributed by atoms with E-state index in [2.05, 4.69) is 5.32 Å². The molecule has 3 aromatic rings. The second-order valence-electron chi connectivity index (χ2n) is 8.21. The zero-order chi connectivity index (χ0) is 27.0.